The van der Waals surface area contributed by atoms with Crippen molar-refractivity contribution in [1.82, 2.24) is 20.1 Å². The maximum Gasteiger partial charge on any atom is 0.212 e. The summed E-state index contributed by atoms with van der Waals surface area (Å²) >= 11 is 0. The third kappa shape index (κ3) is 3.42. The number of fused-ring (bicyclic) bond motifs is 1. The summed E-state index contributed by atoms with van der Waals surface area (Å²) in [4.78, 5) is 9.65. The molecule has 2 fully saturated rings. The van der Waals surface area contributed by atoms with E-state index in [4.69, 9.17) is 9.40 Å². The molecule has 1 atom stereocenters. The van der Waals surface area contributed by atoms with Crippen molar-refractivity contribution in [2.75, 3.05) is 39.8 Å². The maximum absolute atomic E-state index is 5.97. The van der Waals surface area contributed by atoms with Crippen molar-refractivity contribution in [3.05, 3.63) is 29.7 Å². The second kappa shape index (κ2) is 6.59. The topological polar surface area (TPSA) is 44.5 Å². The van der Waals surface area contributed by atoms with E-state index in [9.17, 15) is 0 Å². The molecule has 1 unspecified atom stereocenters. The highest BCUT2D eigenvalue weighted by molar-refractivity contribution is 5.73. The van der Waals surface area contributed by atoms with E-state index in [1.54, 1.807) is 0 Å². The minimum atomic E-state index is 0.289. The number of benzene rings is 1. The van der Waals surface area contributed by atoms with Crippen molar-refractivity contribution in [1.29, 1.82) is 0 Å². The summed E-state index contributed by atoms with van der Waals surface area (Å²) in [5.74, 6) is 0.858. The summed E-state index contributed by atoms with van der Waals surface area (Å²) in [6.45, 7) is 6.67. The van der Waals surface area contributed by atoms with Crippen LogP contribution in [0.3, 0.4) is 0 Å². The lowest BCUT2D eigenvalue weighted by molar-refractivity contribution is 0.148. The second-order valence-electron chi connectivity index (χ2n) is 6.94. The molecule has 2 aromatic rings. The minimum absolute atomic E-state index is 0.289. The molecule has 0 saturated carbocycles. The van der Waals surface area contributed by atoms with Crippen molar-refractivity contribution < 1.29 is 4.42 Å². The first-order valence-corrected chi connectivity index (χ1v) is 8.81. The van der Waals surface area contributed by atoms with Crippen LogP contribution in [0.15, 0.2) is 22.6 Å². The molecule has 0 radical (unpaired) electrons. The third-order valence-corrected chi connectivity index (χ3v) is 5.08. The van der Waals surface area contributed by atoms with E-state index in [-0.39, 0.29) is 6.04 Å². The van der Waals surface area contributed by atoms with Crippen LogP contribution >= 0.6 is 0 Å². The van der Waals surface area contributed by atoms with Crippen LogP contribution in [0.25, 0.3) is 11.1 Å². The van der Waals surface area contributed by atoms with Gasteiger partial charge >= 0.3 is 0 Å². The van der Waals surface area contributed by atoms with E-state index in [0.29, 0.717) is 0 Å². The number of likely N-dealkylation sites (N-methyl/N-ethyl adjacent to an activating group) is 1. The number of hydrogen-bond donors (Lipinski definition) is 1. The third-order valence-electron chi connectivity index (χ3n) is 5.08. The first-order chi connectivity index (χ1) is 11.3. The van der Waals surface area contributed by atoms with E-state index in [1.165, 1.54) is 18.4 Å². The average molecular weight is 314 g/mol. The molecular weight excluding hydrogens is 288 g/mol. The first kappa shape index (κ1) is 15.1. The molecule has 4 rings (SSSR count). The molecule has 0 bridgehead atoms. The lowest BCUT2D eigenvalue weighted by atomic mass is 10.1. The van der Waals surface area contributed by atoms with Crippen LogP contribution in [-0.4, -0.2) is 54.6 Å². The van der Waals surface area contributed by atoms with Crippen molar-refractivity contribution in [3.63, 3.8) is 0 Å². The van der Waals surface area contributed by atoms with Crippen molar-refractivity contribution in [2.45, 2.75) is 31.8 Å². The Morgan fingerprint density at radius 3 is 2.87 bits per heavy atom. The van der Waals surface area contributed by atoms with Gasteiger partial charge in [-0.1, -0.05) is 12.5 Å². The Bertz CT molecular complexity index is 654. The SMILES string of the molecule is CN1CCN(Cc2ccc3oc(C4CCCCN4)nc3c2)CC1. The van der Waals surface area contributed by atoms with Crippen LogP contribution in [0.1, 0.15) is 36.8 Å². The minimum Gasteiger partial charge on any atom is -0.439 e. The molecule has 1 aromatic heterocycles. The van der Waals surface area contributed by atoms with Gasteiger partial charge in [-0.15, -0.1) is 0 Å². The Morgan fingerprint density at radius 2 is 2.09 bits per heavy atom. The Kier molecular flexibility index (Phi) is 4.33. The smallest absolute Gasteiger partial charge is 0.212 e. The van der Waals surface area contributed by atoms with Crippen molar-refractivity contribution >= 4 is 11.1 Å². The predicted molar refractivity (Wildman–Crippen MR) is 91.4 cm³/mol. The van der Waals surface area contributed by atoms with Crippen LogP contribution in [0, 0.1) is 0 Å². The van der Waals surface area contributed by atoms with Crippen LogP contribution in [-0.2, 0) is 6.54 Å². The number of aromatic nitrogens is 1. The summed E-state index contributed by atoms with van der Waals surface area (Å²) < 4.78 is 5.97. The molecule has 5 nitrogen and oxygen atoms in total. The summed E-state index contributed by atoms with van der Waals surface area (Å²) in [7, 11) is 2.19. The molecule has 3 heterocycles. The fourth-order valence-electron chi connectivity index (χ4n) is 3.57. The Morgan fingerprint density at radius 1 is 1.22 bits per heavy atom. The van der Waals surface area contributed by atoms with Gasteiger partial charge in [0.1, 0.15) is 5.52 Å². The molecule has 2 saturated heterocycles. The van der Waals surface area contributed by atoms with Crippen LogP contribution in [0.5, 0.6) is 0 Å². The monoisotopic (exact) mass is 314 g/mol. The highest BCUT2D eigenvalue weighted by atomic mass is 16.3. The van der Waals surface area contributed by atoms with E-state index in [0.717, 1.165) is 62.7 Å². The largest absolute Gasteiger partial charge is 0.439 e. The van der Waals surface area contributed by atoms with Gasteiger partial charge in [0, 0.05) is 32.7 Å². The molecular formula is C18H26N4O. The Balaban J connectivity index is 1.49. The number of piperidine rings is 1. The molecule has 23 heavy (non-hydrogen) atoms. The summed E-state index contributed by atoms with van der Waals surface area (Å²) in [6, 6.07) is 6.75. The maximum atomic E-state index is 5.97. The van der Waals surface area contributed by atoms with Gasteiger partial charge in [0.15, 0.2) is 5.58 Å². The number of hydrogen-bond acceptors (Lipinski definition) is 5. The van der Waals surface area contributed by atoms with Gasteiger partial charge in [-0.25, -0.2) is 4.98 Å². The normalized spacial score (nSPS) is 24.3. The molecule has 2 aliphatic heterocycles. The zero-order valence-corrected chi connectivity index (χ0v) is 13.9. The van der Waals surface area contributed by atoms with Gasteiger partial charge in [-0.2, -0.15) is 0 Å². The lowest BCUT2D eigenvalue weighted by Gasteiger charge is -2.32. The standard InChI is InChI=1S/C18H26N4O/c1-21-8-10-22(11-9-21)13-14-5-6-17-16(12-14)20-18(23-17)15-4-2-3-7-19-15/h5-6,12,15,19H,2-4,7-11,13H2,1H3. The molecule has 1 N–H and O–H groups in total. The quantitative estimate of drug-likeness (QED) is 0.942. The van der Waals surface area contributed by atoms with E-state index < -0.39 is 0 Å². The van der Waals surface area contributed by atoms with Gasteiger partial charge in [0.25, 0.3) is 0 Å². The van der Waals surface area contributed by atoms with Crippen LogP contribution in [0.2, 0.25) is 0 Å². The number of nitrogens with one attached hydrogen (secondary N) is 1. The fourth-order valence-corrected chi connectivity index (χ4v) is 3.57. The second-order valence-corrected chi connectivity index (χ2v) is 6.94. The van der Waals surface area contributed by atoms with Crippen molar-refractivity contribution in [2.24, 2.45) is 0 Å². The molecule has 0 aliphatic carbocycles. The fraction of sp³-hybridized carbons (Fsp3) is 0.611. The van der Waals surface area contributed by atoms with E-state index >= 15 is 0 Å². The Hall–Kier alpha value is -1.43. The predicted octanol–water partition coefficient (Wildman–Crippen LogP) is 2.39. The highest BCUT2D eigenvalue weighted by Crippen LogP contribution is 2.26. The van der Waals surface area contributed by atoms with Crippen LogP contribution < -0.4 is 5.32 Å². The average Bonchev–Trinajstić information content (AvgIpc) is 3.01. The van der Waals surface area contributed by atoms with Gasteiger partial charge in [0.05, 0.1) is 6.04 Å². The number of oxazole rings is 1. The molecule has 1 aromatic carbocycles. The van der Waals surface area contributed by atoms with E-state index in [2.05, 4.69) is 40.4 Å². The lowest BCUT2D eigenvalue weighted by Crippen LogP contribution is -2.43. The molecule has 0 amide bonds. The van der Waals surface area contributed by atoms with Gasteiger partial charge in [-0.05, 0) is 44.1 Å². The number of piperazine rings is 1. The molecule has 0 spiro atoms. The zero-order chi connectivity index (χ0) is 15.6. The number of nitrogens with zero attached hydrogens (tertiary/aromatic N) is 3. The highest BCUT2D eigenvalue weighted by Gasteiger charge is 2.20. The summed E-state index contributed by atoms with van der Waals surface area (Å²) in [5, 5.41) is 3.51. The summed E-state index contributed by atoms with van der Waals surface area (Å²) in [5.41, 5.74) is 3.24. The summed E-state index contributed by atoms with van der Waals surface area (Å²) in [6.07, 6.45) is 3.64. The Labute approximate surface area is 137 Å². The van der Waals surface area contributed by atoms with Gasteiger partial charge in [0.2, 0.25) is 5.89 Å². The van der Waals surface area contributed by atoms with Crippen molar-refractivity contribution in [3.8, 4) is 0 Å². The molecule has 2 aliphatic rings. The van der Waals surface area contributed by atoms with E-state index in [1.807, 2.05) is 0 Å². The first-order valence-electron chi connectivity index (χ1n) is 8.81. The van der Waals surface area contributed by atoms with Gasteiger partial charge in [-0.3, -0.25) is 4.90 Å². The zero-order valence-electron chi connectivity index (χ0n) is 13.9. The number of rotatable bonds is 3. The molecule has 5 heteroatoms. The van der Waals surface area contributed by atoms with Gasteiger partial charge < -0.3 is 14.6 Å². The molecule has 124 valence electrons. The van der Waals surface area contributed by atoms with Crippen LogP contribution in [0.4, 0.5) is 0 Å².